The van der Waals surface area contributed by atoms with E-state index < -0.39 is 0 Å². The van der Waals surface area contributed by atoms with Gasteiger partial charge in [0.05, 0.1) is 5.69 Å². The Morgan fingerprint density at radius 1 is 0.309 bits per heavy atom. The SMILES string of the molecule is c1ccc(-c2ccc(-c3cccc4ccccc34)cc2N(c2ccc(-c3cccc4c3oc3ccccc34)cc2)c2ccc3c(c2)oc2ccccc23)cc1. The Balaban J connectivity index is 1.14. The summed E-state index contributed by atoms with van der Waals surface area (Å²) in [7, 11) is 0. The van der Waals surface area contributed by atoms with Gasteiger partial charge < -0.3 is 13.7 Å². The predicted molar refractivity (Wildman–Crippen MR) is 229 cm³/mol. The Morgan fingerprint density at radius 2 is 0.891 bits per heavy atom. The van der Waals surface area contributed by atoms with E-state index in [2.05, 4.69) is 181 Å². The summed E-state index contributed by atoms with van der Waals surface area (Å²) in [6, 6.07) is 71.1. The summed E-state index contributed by atoms with van der Waals surface area (Å²) < 4.78 is 12.9. The average Bonchev–Trinajstić information content (AvgIpc) is 3.82. The van der Waals surface area contributed by atoms with Crippen molar-refractivity contribution in [1.29, 1.82) is 0 Å². The van der Waals surface area contributed by atoms with Gasteiger partial charge in [0.1, 0.15) is 22.3 Å². The molecule has 0 aliphatic carbocycles. The third-order valence-corrected chi connectivity index (χ3v) is 10.9. The second-order valence-electron chi connectivity index (χ2n) is 14.1. The molecular weight excluding hydrogens is 671 g/mol. The molecule has 258 valence electrons. The summed E-state index contributed by atoms with van der Waals surface area (Å²) in [5, 5.41) is 6.90. The Morgan fingerprint density at radius 3 is 1.73 bits per heavy atom. The fourth-order valence-electron chi connectivity index (χ4n) is 8.27. The van der Waals surface area contributed by atoms with Crippen molar-refractivity contribution in [2.45, 2.75) is 0 Å². The van der Waals surface area contributed by atoms with Gasteiger partial charge in [0.2, 0.25) is 0 Å². The Bertz CT molecular complexity index is 3200. The zero-order valence-corrected chi connectivity index (χ0v) is 29.8. The lowest BCUT2D eigenvalue weighted by atomic mass is 9.94. The van der Waals surface area contributed by atoms with Crippen LogP contribution in [0.15, 0.2) is 209 Å². The number of hydrogen-bond donors (Lipinski definition) is 0. The third kappa shape index (κ3) is 5.20. The first kappa shape index (κ1) is 31.2. The van der Waals surface area contributed by atoms with Gasteiger partial charge in [-0.05, 0) is 75.5 Å². The predicted octanol–water partition coefficient (Wildman–Crippen LogP) is 15.1. The summed E-state index contributed by atoms with van der Waals surface area (Å²) in [6.07, 6.45) is 0. The van der Waals surface area contributed by atoms with Gasteiger partial charge >= 0.3 is 0 Å². The van der Waals surface area contributed by atoms with Crippen molar-refractivity contribution in [3.8, 4) is 33.4 Å². The molecule has 0 bridgehead atoms. The van der Waals surface area contributed by atoms with Crippen LogP contribution in [-0.4, -0.2) is 0 Å². The second-order valence-corrected chi connectivity index (χ2v) is 14.1. The van der Waals surface area contributed by atoms with Gasteiger partial charge in [0.15, 0.2) is 0 Å². The van der Waals surface area contributed by atoms with Gasteiger partial charge in [-0.3, -0.25) is 0 Å². The van der Waals surface area contributed by atoms with Gasteiger partial charge in [0, 0.05) is 50.1 Å². The van der Waals surface area contributed by atoms with Crippen LogP contribution in [0, 0.1) is 0 Å². The lowest BCUT2D eigenvalue weighted by Gasteiger charge is -2.29. The van der Waals surface area contributed by atoms with Crippen LogP contribution in [0.5, 0.6) is 0 Å². The number of fused-ring (bicyclic) bond motifs is 7. The number of rotatable bonds is 6. The first-order chi connectivity index (χ1) is 27.3. The van der Waals surface area contributed by atoms with E-state index in [-0.39, 0.29) is 0 Å². The molecule has 11 aromatic rings. The molecule has 0 aliphatic heterocycles. The van der Waals surface area contributed by atoms with Crippen molar-refractivity contribution in [1.82, 2.24) is 0 Å². The van der Waals surface area contributed by atoms with Crippen molar-refractivity contribution in [2.75, 3.05) is 4.90 Å². The van der Waals surface area contributed by atoms with E-state index in [1.54, 1.807) is 0 Å². The molecule has 3 nitrogen and oxygen atoms in total. The van der Waals surface area contributed by atoms with Crippen LogP contribution in [-0.2, 0) is 0 Å². The molecule has 0 spiro atoms. The van der Waals surface area contributed by atoms with Gasteiger partial charge in [-0.25, -0.2) is 0 Å². The van der Waals surface area contributed by atoms with Crippen molar-refractivity contribution in [2.24, 2.45) is 0 Å². The number of furan rings is 2. The van der Waals surface area contributed by atoms with Crippen molar-refractivity contribution in [3.05, 3.63) is 200 Å². The molecule has 55 heavy (non-hydrogen) atoms. The molecule has 0 saturated carbocycles. The molecule has 0 fully saturated rings. The normalized spacial score (nSPS) is 11.6. The molecule has 0 radical (unpaired) electrons. The molecule has 0 atom stereocenters. The second kappa shape index (κ2) is 12.6. The minimum Gasteiger partial charge on any atom is -0.456 e. The molecule has 9 aromatic carbocycles. The Kier molecular flexibility index (Phi) is 7.17. The van der Waals surface area contributed by atoms with Crippen LogP contribution in [0.25, 0.3) is 88.0 Å². The minimum absolute atomic E-state index is 0.850. The fraction of sp³-hybridized carbons (Fsp3) is 0. The van der Waals surface area contributed by atoms with Gasteiger partial charge in [-0.2, -0.15) is 0 Å². The molecule has 2 aromatic heterocycles. The maximum Gasteiger partial charge on any atom is 0.143 e. The average molecular weight is 704 g/mol. The molecule has 3 heteroatoms. The summed E-state index contributed by atoms with van der Waals surface area (Å²) in [5.41, 5.74) is 13.4. The first-order valence-corrected chi connectivity index (χ1v) is 18.7. The number of para-hydroxylation sites is 3. The Labute approximate surface area is 317 Å². The van der Waals surface area contributed by atoms with Crippen LogP contribution in [0.3, 0.4) is 0 Å². The van der Waals surface area contributed by atoms with E-state index in [0.29, 0.717) is 0 Å². The number of benzene rings is 9. The molecule has 11 rings (SSSR count). The smallest absolute Gasteiger partial charge is 0.143 e. The van der Waals surface area contributed by atoms with Gasteiger partial charge in [-0.1, -0.05) is 152 Å². The van der Waals surface area contributed by atoms with Gasteiger partial charge in [0.25, 0.3) is 0 Å². The largest absolute Gasteiger partial charge is 0.456 e. The van der Waals surface area contributed by atoms with E-state index >= 15 is 0 Å². The molecule has 0 unspecified atom stereocenters. The topological polar surface area (TPSA) is 29.5 Å². The molecular formula is C52H33NO2. The van der Waals surface area contributed by atoms with Crippen LogP contribution >= 0.6 is 0 Å². The van der Waals surface area contributed by atoms with E-state index in [1.165, 1.54) is 16.3 Å². The highest BCUT2D eigenvalue weighted by atomic mass is 16.3. The molecule has 2 heterocycles. The summed E-state index contributed by atoms with van der Waals surface area (Å²) >= 11 is 0. The van der Waals surface area contributed by atoms with Crippen LogP contribution in [0.2, 0.25) is 0 Å². The number of anilines is 3. The number of nitrogens with zero attached hydrogens (tertiary/aromatic N) is 1. The van der Waals surface area contributed by atoms with Crippen LogP contribution in [0.4, 0.5) is 17.1 Å². The van der Waals surface area contributed by atoms with E-state index in [0.717, 1.165) is 88.8 Å². The molecule has 0 saturated heterocycles. The lowest BCUT2D eigenvalue weighted by molar-refractivity contribution is 0.669. The Hall–Kier alpha value is -7.36. The van der Waals surface area contributed by atoms with Crippen LogP contribution in [0.1, 0.15) is 0 Å². The first-order valence-electron chi connectivity index (χ1n) is 18.7. The van der Waals surface area contributed by atoms with Crippen LogP contribution < -0.4 is 4.90 Å². The zero-order chi connectivity index (χ0) is 36.3. The molecule has 0 N–H and O–H groups in total. The van der Waals surface area contributed by atoms with E-state index in [4.69, 9.17) is 8.83 Å². The number of hydrogen-bond acceptors (Lipinski definition) is 3. The highest BCUT2D eigenvalue weighted by Gasteiger charge is 2.21. The lowest BCUT2D eigenvalue weighted by Crippen LogP contribution is -2.11. The maximum absolute atomic E-state index is 6.48. The minimum atomic E-state index is 0.850. The molecule has 0 amide bonds. The zero-order valence-electron chi connectivity index (χ0n) is 29.8. The quantitative estimate of drug-likeness (QED) is 0.173. The van der Waals surface area contributed by atoms with Crippen molar-refractivity contribution in [3.63, 3.8) is 0 Å². The maximum atomic E-state index is 6.48. The highest BCUT2D eigenvalue weighted by Crippen LogP contribution is 2.46. The third-order valence-electron chi connectivity index (χ3n) is 10.9. The summed E-state index contributed by atoms with van der Waals surface area (Å²) in [4.78, 5) is 2.37. The van der Waals surface area contributed by atoms with E-state index in [1.807, 2.05) is 24.3 Å². The fourth-order valence-corrected chi connectivity index (χ4v) is 8.27. The summed E-state index contributed by atoms with van der Waals surface area (Å²) in [5.74, 6) is 0. The van der Waals surface area contributed by atoms with Gasteiger partial charge in [-0.15, -0.1) is 0 Å². The van der Waals surface area contributed by atoms with E-state index in [9.17, 15) is 0 Å². The van der Waals surface area contributed by atoms with Crippen molar-refractivity contribution < 1.29 is 8.83 Å². The standard InChI is InChI=1S/C52H33NO2/c1-2-12-35(13-3-1)42-30-26-37(41-19-10-15-34-14-4-5-16-40(34)41)32-48(42)53(39-29-31-46-44-17-6-8-22-49(44)54-51(46)33-39)38-27-24-36(25-28-38)43-20-11-21-47-45-18-7-9-23-50(45)55-52(43)47/h1-33H. The monoisotopic (exact) mass is 703 g/mol. The van der Waals surface area contributed by atoms with Crippen molar-refractivity contribution >= 4 is 71.7 Å². The molecule has 0 aliphatic rings. The summed E-state index contributed by atoms with van der Waals surface area (Å²) in [6.45, 7) is 0. The highest BCUT2D eigenvalue weighted by molar-refractivity contribution is 6.10.